The maximum atomic E-state index is 13.9. The molecule has 0 saturated heterocycles. The lowest BCUT2D eigenvalue weighted by Crippen LogP contribution is -2.58. The van der Waals surface area contributed by atoms with Crippen molar-refractivity contribution < 1.29 is 9.59 Å². The monoisotopic (exact) mass is 473 g/mol. The number of para-hydroxylation sites is 1. The number of carbonyl (C=O) groups is 2. The average molecular weight is 474 g/mol. The molecule has 0 unspecified atom stereocenters. The van der Waals surface area contributed by atoms with E-state index in [0.29, 0.717) is 25.2 Å². The van der Waals surface area contributed by atoms with Crippen LogP contribution < -0.4 is 10.6 Å². The van der Waals surface area contributed by atoms with E-state index >= 15 is 0 Å². The molecule has 5 rings (SSSR count). The van der Waals surface area contributed by atoms with Crippen LogP contribution in [-0.4, -0.2) is 59.3 Å². The molecule has 0 radical (unpaired) electrons. The smallest absolute Gasteiger partial charge is 0.255 e. The van der Waals surface area contributed by atoms with E-state index in [0.717, 1.165) is 65.6 Å². The first-order valence-electron chi connectivity index (χ1n) is 12.6. The van der Waals surface area contributed by atoms with Crippen LogP contribution in [0.25, 0.3) is 10.9 Å². The minimum absolute atomic E-state index is 0.0342. The van der Waals surface area contributed by atoms with Gasteiger partial charge in [-0.05, 0) is 69.3 Å². The van der Waals surface area contributed by atoms with Crippen LogP contribution >= 0.6 is 0 Å². The molecule has 1 fully saturated rings. The number of aromatic amines is 1. The van der Waals surface area contributed by atoms with Crippen molar-refractivity contribution >= 4 is 34.2 Å². The molecule has 2 aliphatic rings. The van der Waals surface area contributed by atoms with Crippen molar-refractivity contribution in [1.82, 2.24) is 14.8 Å². The predicted octanol–water partition coefficient (Wildman–Crippen LogP) is 4.75. The van der Waals surface area contributed by atoms with Crippen LogP contribution in [0.1, 0.15) is 53.6 Å². The fourth-order valence-corrected chi connectivity index (χ4v) is 5.60. The number of amides is 2. The number of benzene rings is 2. The zero-order valence-electron chi connectivity index (χ0n) is 20.9. The second-order valence-electron chi connectivity index (χ2n) is 10.3. The molecule has 0 atom stereocenters. The summed E-state index contributed by atoms with van der Waals surface area (Å²) in [6, 6.07) is 14.0. The third-order valence-electron chi connectivity index (χ3n) is 7.55. The zero-order chi connectivity index (χ0) is 24.6. The van der Waals surface area contributed by atoms with Crippen molar-refractivity contribution in [1.29, 1.82) is 0 Å². The summed E-state index contributed by atoms with van der Waals surface area (Å²) in [6.07, 6.45) is 4.35. The van der Waals surface area contributed by atoms with Crippen LogP contribution in [0, 0.1) is 6.92 Å². The van der Waals surface area contributed by atoms with Crippen LogP contribution in [0.3, 0.4) is 0 Å². The van der Waals surface area contributed by atoms with E-state index in [1.807, 2.05) is 55.4 Å². The Balaban J connectivity index is 1.41. The second kappa shape index (κ2) is 9.38. The highest BCUT2D eigenvalue weighted by atomic mass is 16.2. The molecule has 1 saturated carbocycles. The molecule has 0 spiro atoms. The van der Waals surface area contributed by atoms with Gasteiger partial charge in [0, 0.05) is 41.8 Å². The Morgan fingerprint density at radius 1 is 1.11 bits per heavy atom. The minimum atomic E-state index is -0.837. The number of aromatic nitrogens is 1. The Labute approximate surface area is 206 Å². The molecular weight excluding hydrogens is 438 g/mol. The first-order chi connectivity index (χ1) is 16.9. The molecule has 35 heavy (non-hydrogen) atoms. The Kier molecular flexibility index (Phi) is 6.28. The van der Waals surface area contributed by atoms with Crippen molar-refractivity contribution in [2.45, 2.75) is 51.1 Å². The first-order valence-corrected chi connectivity index (χ1v) is 12.6. The third-order valence-corrected chi connectivity index (χ3v) is 7.55. The van der Waals surface area contributed by atoms with Gasteiger partial charge < -0.3 is 25.4 Å². The van der Waals surface area contributed by atoms with Gasteiger partial charge in [-0.1, -0.05) is 37.5 Å². The van der Waals surface area contributed by atoms with E-state index in [1.54, 1.807) is 0 Å². The van der Waals surface area contributed by atoms with Gasteiger partial charge in [-0.2, -0.15) is 0 Å². The SMILES string of the molecule is Cc1cc(NCCN(C)C)cc2c1CN(C1(C(=O)Nc3cc4ccccc4[nH]3)CCCCC1)C2=O. The number of aryl methyl sites for hydroxylation is 1. The summed E-state index contributed by atoms with van der Waals surface area (Å²) in [6.45, 7) is 4.26. The van der Waals surface area contributed by atoms with Gasteiger partial charge in [-0.3, -0.25) is 9.59 Å². The fraction of sp³-hybridized carbons (Fsp3) is 0.429. The largest absolute Gasteiger partial charge is 0.384 e. The summed E-state index contributed by atoms with van der Waals surface area (Å²) in [5.41, 5.74) is 3.95. The van der Waals surface area contributed by atoms with E-state index in [1.165, 1.54) is 0 Å². The first kappa shape index (κ1) is 23.4. The van der Waals surface area contributed by atoms with E-state index in [2.05, 4.69) is 33.5 Å². The van der Waals surface area contributed by atoms with Crippen molar-refractivity contribution in [3.05, 3.63) is 59.2 Å². The average Bonchev–Trinajstić information content (AvgIpc) is 3.40. The number of H-pyrrole nitrogens is 1. The highest BCUT2D eigenvalue weighted by Crippen LogP contribution is 2.41. The predicted molar refractivity (Wildman–Crippen MR) is 141 cm³/mol. The molecule has 7 heteroatoms. The Morgan fingerprint density at radius 3 is 2.63 bits per heavy atom. The number of nitrogens with zero attached hydrogens (tertiary/aromatic N) is 2. The van der Waals surface area contributed by atoms with E-state index in [9.17, 15) is 9.59 Å². The fourth-order valence-electron chi connectivity index (χ4n) is 5.60. The molecule has 2 heterocycles. The summed E-state index contributed by atoms with van der Waals surface area (Å²) in [5, 5.41) is 7.62. The highest BCUT2D eigenvalue weighted by Gasteiger charge is 2.50. The van der Waals surface area contributed by atoms with Crippen molar-refractivity contribution in [2.75, 3.05) is 37.8 Å². The van der Waals surface area contributed by atoms with E-state index < -0.39 is 5.54 Å². The lowest BCUT2D eigenvalue weighted by atomic mass is 9.79. The molecule has 3 N–H and O–H groups in total. The van der Waals surface area contributed by atoms with Gasteiger partial charge in [0.15, 0.2) is 0 Å². The molecule has 7 nitrogen and oxygen atoms in total. The molecule has 1 aliphatic carbocycles. The maximum Gasteiger partial charge on any atom is 0.255 e. The van der Waals surface area contributed by atoms with Crippen LogP contribution in [-0.2, 0) is 11.3 Å². The summed E-state index contributed by atoms with van der Waals surface area (Å²) < 4.78 is 0. The molecule has 0 bridgehead atoms. The standard InChI is InChI=1S/C28H35N5O2/c1-19-15-21(29-13-14-32(2)3)17-22-23(19)18-33(26(22)34)28(11-7-4-8-12-28)27(35)31-25-16-20-9-5-6-10-24(20)30-25/h5-6,9-10,15-17,29-30H,4,7-8,11-14,18H2,1-3H3,(H,31,35). The van der Waals surface area contributed by atoms with Gasteiger partial charge in [0.1, 0.15) is 11.4 Å². The van der Waals surface area contributed by atoms with E-state index in [-0.39, 0.29) is 11.8 Å². The maximum absolute atomic E-state index is 13.9. The number of rotatable bonds is 7. The summed E-state index contributed by atoms with van der Waals surface area (Å²) in [7, 11) is 4.09. The second-order valence-corrected chi connectivity index (χ2v) is 10.3. The summed E-state index contributed by atoms with van der Waals surface area (Å²) >= 11 is 0. The van der Waals surface area contributed by atoms with Gasteiger partial charge in [0.05, 0.1) is 0 Å². The minimum Gasteiger partial charge on any atom is -0.384 e. The molecule has 3 aromatic rings. The Bertz CT molecular complexity index is 1220. The van der Waals surface area contributed by atoms with Crippen molar-refractivity contribution in [2.24, 2.45) is 0 Å². The lowest BCUT2D eigenvalue weighted by Gasteiger charge is -2.43. The number of anilines is 2. The Hall–Kier alpha value is -3.32. The summed E-state index contributed by atoms with van der Waals surface area (Å²) in [4.78, 5) is 34.9. The molecule has 184 valence electrons. The van der Waals surface area contributed by atoms with Crippen LogP contribution in [0.2, 0.25) is 0 Å². The van der Waals surface area contributed by atoms with Gasteiger partial charge in [-0.25, -0.2) is 0 Å². The Morgan fingerprint density at radius 2 is 1.89 bits per heavy atom. The molecule has 1 aromatic heterocycles. The normalized spacial score (nSPS) is 17.1. The van der Waals surface area contributed by atoms with Gasteiger partial charge in [0.2, 0.25) is 0 Å². The number of fused-ring (bicyclic) bond motifs is 2. The highest BCUT2D eigenvalue weighted by molar-refractivity contribution is 6.06. The lowest BCUT2D eigenvalue weighted by molar-refractivity contribution is -0.129. The number of nitrogens with one attached hydrogen (secondary N) is 3. The van der Waals surface area contributed by atoms with Gasteiger partial charge in [0.25, 0.3) is 11.8 Å². The number of hydrogen-bond donors (Lipinski definition) is 3. The quantitative estimate of drug-likeness (QED) is 0.463. The zero-order valence-corrected chi connectivity index (χ0v) is 20.9. The van der Waals surface area contributed by atoms with Crippen molar-refractivity contribution in [3.63, 3.8) is 0 Å². The van der Waals surface area contributed by atoms with Gasteiger partial charge in [-0.15, -0.1) is 0 Å². The molecule has 2 aromatic carbocycles. The van der Waals surface area contributed by atoms with Crippen LogP contribution in [0.5, 0.6) is 0 Å². The van der Waals surface area contributed by atoms with Gasteiger partial charge >= 0.3 is 0 Å². The molecular formula is C28H35N5O2. The topological polar surface area (TPSA) is 80.5 Å². The van der Waals surface area contributed by atoms with Crippen LogP contribution in [0.4, 0.5) is 11.5 Å². The van der Waals surface area contributed by atoms with Crippen LogP contribution in [0.15, 0.2) is 42.5 Å². The number of hydrogen-bond acceptors (Lipinski definition) is 4. The van der Waals surface area contributed by atoms with E-state index in [4.69, 9.17) is 0 Å². The number of likely N-dealkylation sites (N-methyl/N-ethyl adjacent to an activating group) is 1. The van der Waals surface area contributed by atoms with Crippen molar-refractivity contribution in [3.8, 4) is 0 Å². The summed E-state index contributed by atoms with van der Waals surface area (Å²) in [5.74, 6) is 0.550. The number of carbonyl (C=O) groups excluding carboxylic acids is 2. The molecule has 1 aliphatic heterocycles. The third kappa shape index (κ3) is 4.41. The molecule has 2 amide bonds.